The summed E-state index contributed by atoms with van der Waals surface area (Å²) < 4.78 is 3.22. The SMILES string of the molecule is O=C(NCCn1cc(Cl)cn1)c1nn2ccccc2c1Cl. The number of pyridine rings is 1. The second-order valence-corrected chi connectivity index (χ2v) is 5.18. The van der Waals surface area contributed by atoms with Gasteiger partial charge in [-0.25, -0.2) is 4.52 Å². The van der Waals surface area contributed by atoms with Gasteiger partial charge in [0.15, 0.2) is 5.69 Å². The van der Waals surface area contributed by atoms with Gasteiger partial charge < -0.3 is 5.32 Å². The second-order valence-electron chi connectivity index (χ2n) is 4.37. The van der Waals surface area contributed by atoms with Gasteiger partial charge in [-0.05, 0) is 12.1 Å². The van der Waals surface area contributed by atoms with Crippen molar-refractivity contribution >= 4 is 34.6 Å². The van der Waals surface area contributed by atoms with Crippen molar-refractivity contribution < 1.29 is 4.79 Å². The van der Waals surface area contributed by atoms with Gasteiger partial charge in [0, 0.05) is 18.9 Å². The van der Waals surface area contributed by atoms with E-state index < -0.39 is 0 Å². The van der Waals surface area contributed by atoms with Crippen molar-refractivity contribution in [3.63, 3.8) is 0 Å². The minimum absolute atomic E-state index is 0.210. The molecule has 108 valence electrons. The Balaban J connectivity index is 1.68. The van der Waals surface area contributed by atoms with Crippen LogP contribution in [0.25, 0.3) is 5.52 Å². The molecule has 1 N–H and O–H groups in total. The highest BCUT2D eigenvalue weighted by molar-refractivity contribution is 6.36. The number of carbonyl (C=O) groups is 1. The zero-order chi connectivity index (χ0) is 14.8. The smallest absolute Gasteiger partial charge is 0.273 e. The molecule has 0 fully saturated rings. The van der Waals surface area contributed by atoms with E-state index in [2.05, 4.69) is 15.5 Å². The summed E-state index contributed by atoms with van der Waals surface area (Å²) in [5.41, 5.74) is 0.907. The fraction of sp³-hybridized carbons (Fsp3) is 0.154. The van der Waals surface area contributed by atoms with Gasteiger partial charge in [-0.3, -0.25) is 9.48 Å². The van der Waals surface area contributed by atoms with Crippen molar-refractivity contribution in [3.05, 3.63) is 52.5 Å². The van der Waals surface area contributed by atoms with E-state index in [-0.39, 0.29) is 11.6 Å². The monoisotopic (exact) mass is 323 g/mol. The van der Waals surface area contributed by atoms with Crippen molar-refractivity contribution in [1.82, 2.24) is 24.7 Å². The van der Waals surface area contributed by atoms with Crippen LogP contribution < -0.4 is 5.32 Å². The van der Waals surface area contributed by atoms with Gasteiger partial charge in [-0.15, -0.1) is 0 Å². The molecule has 0 bridgehead atoms. The summed E-state index contributed by atoms with van der Waals surface area (Å²) in [5, 5.41) is 11.9. The number of hydrogen-bond acceptors (Lipinski definition) is 3. The second kappa shape index (κ2) is 5.75. The van der Waals surface area contributed by atoms with E-state index in [4.69, 9.17) is 23.2 Å². The van der Waals surface area contributed by atoms with Crippen LogP contribution in [0.15, 0.2) is 36.8 Å². The molecule has 0 radical (unpaired) electrons. The quantitative estimate of drug-likeness (QED) is 0.801. The molecule has 1 amide bonds. The Hall–Kier alpha value is -2.05. The summed E-state index contributed by atoms with van der Waals surface area (Å²) in [4.78, 5) is 12.1. The molecular formula is C13H11Cl2N5O. The van der Waals surface area contributed by atoms with Crippen LogP contribution in [-0.2, 0) is 6.54 Å². The van der Waals surface area contributed by atoms with E-state index in [1.807, 2.05) is 12.1 Å². The first-order chi connectivity index (χ1) is 10.1. The van der Waals surface area contributed by atoms with Crippen LogP contribution in [0.3, 0.4) is 0 Å². The summed E-state index contributed by atoms with van der Waals surface area (Å²) in [7, 11) is 0. The van der Waals surface area contributed by atoms with Crippen molar-refractivity contribution in [1.29, 1.82) is 0 Å². The first-order valence-corrected chi connectivity index (χ1v) is 7.00. The number of hydrogen-bond donors (Lipinski definition) is 1. The maximum Gasteiger partial charge on any atom is 0.273 e. The lowest BCUT2D eigenvalue weighted by molar-refractivity contribution is 0.0947. The van der Waals surface area contributed by atoms with Gasteiger partial charge in [0.1, 0.15) is 0 Å². The van der Waals surface area contributed by atoms with Gasteiger partial charge in [0.2, 0.25) is 0 Å². The van der Waals surface area contributed by atoms with E-state index in [0.717, 1.165) is 0 Å². The molecule has 0 saturated carbocycles. The summed E-state index contributed by atoms with van der Waals surface area (Å²) in [6.45, 7) is 0.921. The third kappa shape index (κ3) is 2.86. The number of rotatable bonds is 4. The fourth-order valence-electron chi connectivity index (χ4n) is 1.94. The van der Waals surface area contributed by atoms with Gasteiger partial charge in [0.05, 0.1) is 28.3 Å². The standard InChI is InChI=1S/C13H11Cl2N5O/c14-9-7-17-19(8-9)6-4-16-13(21)12-11(15)10-3-1-2-5-20(10)18-12/h1-3,5,7-8H,4,6H2,(H,16,21). The molecule has 3 heterocycles. The molecule has 21 heavy (non-hydrogen) atoms. The number of carbonyl (C=O) groups excluding carboxylic acids is 1. The molecule has 0 saturated heterocycles. The van der Waals surface area contributed by atoms with E-state index in [9.17, 15) is 4.79 Å². The topological polar surface area (TPSA) is 64.2 Å². The van der Waals surface area contributed by atoms with Crippen LogP contribution in [0.5, 0.6) is 0 Å². The van der Waals surface area contributed by atoms with Gasteiger partial charge in [-0.1, -0.05) is 29.3 Å². The van der Waals surface area contributed by atoms with Crippen molar-refractivity contribution in [2.45, 2.75) is 6.54 Å². The molecule has 0 aliphatic heterocycles. The molecule has 0 aromatic carbocycles. The minimum atomic E-state index is -0.318. The van der Waals surface area contributed by atoms with Crippen LogP contribution in [0, 0.1) is 0 Å². The number of amides is 1. The molecule has 0 aliphatic carbocycles. The lowest BCUT2D eigenvalue weighted by atomic mass is 10.3. The predicted octanol–water partition coefficient (Wildman–Crippen LogP) is 2.27. The maximum atomic E-state index is 12.1. The zero-order valence-corrected chi connectivity index (χ0v) is 12.3. The normalized spacial score (nSPS) is 11.0. The van der Waals surface area contributed by atoms with Crippen LogP contribution in [0.4, 0.5) is 0 Å². The number of nitrogens with one attached hydrogen (secondary N) is 1. The highest BCUT2D eigenvalue weighted by atomic mass is 35.5. The third-order valence-electron chi connectivity index (χ3n) is 2.92. The summed E-state index contributed by atoms with van der Waals surface area (Å²) in [6, 6.07) is 5.46. The largest absolute Gasteiger partial charge is 0.349 e. The Kier molecular flexibility index (Phi) is 3.81. The van der Waals surface area contributed by atoms with Gasteiger partial charge >= 0.3 is 0 Å². The predicted molar refractivity (Wildman–Crippen MR) is 79.8 cm³/mol. The first-order valence-electron chi connectivity index (χ1n) is 6.24. The number of fused-ring (bicyclic) bond motifs is 1. The minimum Gasteiger partial charge on any atom is -0.349 e. The Morgan fingerprint density at radius 2 is 2.19 bits per heavy atom. The molecule has 3 aromatic heterocycles. The summed E-state index contributed by atoms with van der Waals surface area (Å²) in [6.07, 6.45) is 4.97. The molecule has 3 rings (SSSR count). The van der Waals surface area contributed by atoms with E-state index >= 15 is 0 Å². The Labute approximate surface area is 130 Å². The van der Waals surface area contributed by atoms with Crippen molar-refractivity contribution in [2.75, 3.05) is 6.54 Å². The first kappa shape index (κ1) is 13.9. The van der Waals surface area contributed by atoms with Gasteiger partial charge in [0.25, 0.3) is 5.91 Å². The Bertz CT molecular complexity index is 795. The zero-order valence-electron chi connectivity index (χ0n) is 10.8. The van der Waals surface area contributed by atoms with Crippen LogP contribution in [0.1, 0.15) is 10.5 Å². The van der Waals surface area contributed by atoms with Crippen LogP contribution >= 0.6 is 23.2 Å². The molecule has 0 atom stereocenters. The Morgan fingerprint density at radius 1 is 1.33 bits per heavy atom. The van der Waals surface area contributed by atoms with E-state index in [1.165, 1.54) is 0 Å². The molecule has 8 heteroatoms. The van der Waals surface area contributed by atoms with E-state index in [1.54, 1.807) is 33.9 Å². The lowest BCUT2D eigenvalue weighted by Crippen LogP contribution is -2.28. The third-order valence-corrected chi connectivity index (χ3v) is 3.49. The van der Waals surface area contributed by atoms with Crippen molar-refractivity contribution in [3.8, 4) is 0 Å². The molecule has 3 aromatic rings. The number of aromatic nitrogens is 4. The average molecular weight is 324 g/mol. The van der Waals surface area contributed by atoms with Crippen LogP contribution in [0.2, 0.25) is 10.0 Å². The van der Waals surface area contributed by atoms with Crippen molar-refractivity contribution in [2.24, 2.45) is 0 Å². The molecule has 6 nitrogen and oxygen atoms in total. The van der Waals surface area contributed by atoms with Gasteiger partial charge in [-0.2, -0.15) is 10.2 Å². The van der Waals surface area contributed by atoms with Crippen LogP contribution in [-0.4, -0.2) is 31.8 Å². The molecule has 0 aliphatic rings. The maximum absolute atomic E-state index is 12.1. The Morgan fingerprint density at radius 3 is 2.90 bits per heavy atom. The average Bonchev–Trinajstić information content (AvgIpc) is 3.03. The molecule has 0 spiro atoms. The fourth-order valence-corrected chi connectivity index (χ4v) is 2.37. The molecule has 0 unspecified atom stereocenters. The highest BCUT2D eigenvalue weighted by Crippen LogP contribution is 2.21. The lowest BCUT2D eigenvalue weighted by Gasteiger charge is -2.03. The highest BCUT2D eigenvalue weighted by Gasteiger charge is 2.17. The number of nitrogens with zero attached hydrogens (tertiary/aromatic N) is 4. The summed E-state index contributed by atoms with van der Waals surface area (Å²) in [5.74, 6) is -0.318. The number of halogens is 2. The van der Waals surface area contributed by atoms with E-state index in [0.29, 0.717) is 28.7 Å². The summed E-state index contributed by atoms with van der Waals surface area (Å²) >= 11 is 11.9. The molecular weight excluding hydrogens is 313 g/mol.